The normalized spacial score (nSPS) is 16.7. The Morgan fingerprint density at radius 2 is 2.40 bits per heavy atom. The van der Waals surface area contributed by atoms with Crippen LogP contribution >= 0.6 is 11.3 Å². The molecule has 0 N–H and O–H groups in total. The molecule has 15 heavy (non-hydrogen) atoms. The average molecular weight is 223 g/mol. The highest BCUT2D eigenvalue weighted by atomic mass is 32.1. The number of nitrogens with zero attached hydrogens (tertiary/aromatic N) is 1. The topological polar surface area (TPSA) is 20.3 Å². The molecule has 1 aliphatic rings. The Kier molecular flexibility index (Phi) is 3.22. The van der Waals surface area contributed by atoms with Crippen molar-refractivity contribution in [2.75, 3.05) is 13.1 Å². The second kappa shape index (κ2) is 4.45. The first-order valence-corrected chi connectivity index (χ1v) is 6.30. The number of fused-ring (bicyclic) bond motifs is 1. The van der Waals surface area contributed by atoms with Crippen molar-refractivity contribution in [3.63, 3.8) is 0 Å². The van der Waals surface area contributed by atoms with Gasteiger partial charge in [0, 0.05) is 24.5 Å². The molecule has 0 atom stereocenters. The van der Waals surface area contributed by atoms with E-state index < -0.39 is 0 Å². The molecular weight excluding hydrogens is 206 g/mol. The van der Waals surface area contributed by atoms with Gasteiger partial charge in [-0.25, -0.2) is 0 Å². The van der Waals surface area contributed by atoms with Crippen molar-refractivity contribution in [3.05, 3.63) is 21.4 Å². The number of rotatable bonds is 3. The van der Waals surface area contributed by atoms with E-state index in [1.54, 1.807) is 11.3 Å². The molecule has 0 amide bonds. The van der Waals surface area contributed by atoms with Gasteiger partial charge in [0.15, 0.2) is 6.29 Å². The van der Waals surface area contributed by atoms with E-state index in [1.165, 1.54) is 10.4 Å². The number of aldehydes is 1. The molecule has 0 fully saturated rings. The average Bonchev–Trinajstić information content (AvgIpc) is 2.58. The standard InChI is InChI=1S/C12H17NOS/c1-9(2)6-13-4-3-12-10(7-13)5-11(8-14)15-12/h5,8-9H,3-4,6-7H2,1-2H3. The van der Waals surface area contributed by atoms with E-state index in [9.17, 15) is 4.79 Å². The Bertz CT molecular complexity index is 357. The monoisotopic (exact) mass is 223 g/mol. The predicted octanol–water partition coefficient (Wildman–Crippen LogP) is 2.57. The largest absolute Gasteiger partial charge is 0.298 e. The molecule has 0 bridgehead atoms. The summed E-state index contributed by atoms with van der Waals surface area (Å²) >= 11 is 1.66. The molecule has 1 aliphatic heterocycles. The van der Waals surface area contributed by atoms with Gasteiger partial charge in [-0.2, -0.15) is 0 Å². The maximum absolute atomic E-state index is 10.7. The Morgan fingerprint density at radius 1 is 1.60 bits per heavy atom. The Hall–Kier alpha value is -0.670. The van der Waals surface area contributed by atoms with E-state index in [-0.39, 0.29) is 0 Å². The molecule has 2 rings (SSSR count). The highest BCUT2D eigenvalue weighted by Gasteiger charge is 2.19. The lowest BCUT2D eigenvalue weighted by Gasteiger charge is -2.28. The SMILES string of the molecule is CC(C)CN1CCc2sc(C=O)cc2C1. The Labute approximate surface area is 94.9 Å². The van der Waals surface area contributed by atoms with Crippen LogP contribution in [0.15, 0.2) is 6.07 Å². The first-order valence-electron chi connectivity index (χ1n) is 5.48. The smallest absolute Gasteiger partial charge is 0.160 e. The maximum Gasteiger partial charge on any atom is 0.160 e. The molecule has 0 radical (unpaired) electrons. The number of thiophene rings is 1. The van der Waals surface area contributed by atoms with Gasteiger partial charge in [-0.05, 0) is 24.0 Å². The summed E-state index contributed by atoms with van der Waals surface area (Å²) in [6.07, 6.45) is 2.08. The molecule has 0 saturated carbocycles. The third-order valence-electron chi connectivity index (χ3n) is 2.70. The zero-order valence-electron chi connectivity index (χ0n) is 9.32. The quantitative estimate of drug-likeness (QED) is 0.734. The Morgan fingerprint density at radius 3 is 3.07 bits per heavy atom. The fourth-order valence-electron chi connectivity index (χ4n) is 2.14. The van der Waals surface area contributed by atoms with Gasteiger partial charge in [-0.3, -0.25) is 9.69 Å². The molecule has 0 unspecified atom stereocenters. The van der Waals surface area contributed by atoms with E-state index in [2.05, 4.69) is 24.8 Å². The number of hydrogen-bond acceptors (Lipinski definition) is 3. The van der Waals surface area contributed by atoms with Crippen LogP contribution in [0.1, 0.15) is 34.0 Å². The van der Waals surface area contributed by atoms with Gasteiger partial charge in [-0.15, -0.1) is 11.3 Å². The fourth-order valence-corrected chi connectivity index (χ4v) is 3.13. The molecule has 0 aromatic carbocycles. The minimum atomic E-state index is 0.718. The highest BCUT2D eigenvalue weighted by molar-refractivity contribution is 7.13. The summed E-state index contributed by atoms with van der Waals surface area (Å²) in [5.41, 5.74) is 1.37. The molecular formula is C12H17NOS. The number of carbonyl (C=O) groups excluding carboxylic acids is 1. The Balaban J connectivity index is 2.08. The van der Waals surface area contributed by atoms with Crippen molar-refractivity contribution in [3.8, 4) is 0 Å². The van der Waals surface area contributed by atoms with Crippen molar-refractivity contribution in [2.24, 2.45) is 5.92 Å². The third-order valence-corrected chi connectivity index (χ3v) is 3.87. The first-order chi connectivity index (χ1) is 7.19. The number of carbonyl (C=O) groups is 1. The first kappa shape index (κ1) is 10.8. The molecule has 0 spiro atoms. The lowest BCUT2D eigenvalue weighted by molar-refractivity contribution is 0.112. The van der Waals surface area contributed by atoms with E-state index in [0.717, 1.165) is 43.1 Å². The zero-order valence-corrected chi connectivity index (χ0v) is 10.1. The van der Waals surface area contributed by atoms with Gasteiger partial charge in [0.2, 0.25) is 0 Å². The van der Waals surface area contributed by atoms with Crippen LogP contribution in [-0.4, -0.2) is 24.3 Å². The lowest BCUT2D eigenvalue weighted by Crippen LogP contribution is -2.32. The predicted molar refractivity (Wildman–Crippen MR) is 63.5 cm³/mol. The lowest BCUT2D eigenvalue weighted by atomic mass is 10.1. The van der Waals surface area contributed by atoms with Crippen LogP contribution < -0.4 is 0 Å². The van der Waals surface area contributed by atoms with Crippen LogP contribution in [0, 0.1) is 5.92 Å². The van der Waals surface area contributed by atoms with Crippen LogP contribution in [0.25, 0.3) is 0 Å². The minimum Gasteiger partial charge on any atom is -0.298 e. The summed E-state index contributed by atoms with van der Waals surface area (Å²) in [7, 11) is 0. The van der Waals surface area contributed by atoms with Crippen molar-refractivity contribution in [1.82, 2.24) is 4.90 Å². The molecule has 3 heteroatoms. The van der Waals surface area contributed by atoms with Gasteiger partial charge >= 0.3 is 0 Å². The van der Waals surface area contributed by atoms with Crippen molar-refractivity contribution >= 4 is 17.6 Å². The molecule has 1 aromatic heterocycles. The number of hydrogen-bond donors (Lipinski definition) is 0. The maximum atomic E-state index is 10.7. The van der Waals surface area contributed by atoms with Gasteiger partial charge in [0.25, 0.3) is 0 Å². The minimum absolute atomic E-state index is 0.718. The van der Waals surface area contributed by atoms with Crippen LogP contribution in [0.5, 0.6) is 0 Å². The summed E-state index contributed by atoms with van der Waals surface area (Å²) in [5.74, 6) is 0.718. The fraction of sp³-hybridized carbons (Fsp3) is 0.583. The second-order valence-corrected chi connectivity index (χ2v) is 5.76. The van der Waals surface area contributed by atoms with Gasteiger partial charge in [-0.1, -0.05) is 13.8 Å². The van der Waals surface area contributed by atoms with Crippen molar-refractivity contribution in [2.45, 2.75) is 26.8 Å². The van der Waals surface area contributed by atoms with Crippen LogP contribution in [0.2, 0.25) is 0 Å². The van der Waals surface area contributed by atoms with E-state index in [1.807, 2.05) is 0 Å². The molecule has 2 heterocycles. The summed E-state index contributed by atoms with van der Waals surface area (Å²) in [6, 6.07) is 2.06. The summed E-state index contributed by atoms with van der Waals surface area (Å²) in [5, 5.41) is 0. The van der Waals surface area contributed by atoms with Gasteiger partial charge in [0.1, 0.15) is 0 Å². The van der Waals surface area contributed by atoms with Crippen molar-refractivity contribution < 1.29 is 4.79 Å². The van der Waals surface area contributed by atoms with E-state index >= 15 is 0 Å². The molecule has 82 valence electrons. The molecule has 1 aromatic rings. The zero-order chi connectivity index (χ0) is 10.8. The molecule has 0 saturated heterocycles. The third kappa shape index (κ3) is 2.47. The van der Waals surface area contributed by atoms with Gasteiger partial charge in [0.05, 0.1) is 4.88 Å². The summed E-state index contributed by atoms with van der Waals surface area (Å²) in [4.78, 5) is 15.5. The molecule has 0 aliphatic carbocycles. The van der Waals surface area contributed by atoms with Crippen LogP contribution in [-0.2, 0) is 13.0 Å². The van der Waals surface area contributed by atoms with E-state index in [4.69, 9.17) is 0 Å². The van der Waals surface area contributed by atoms with Crippen LogP contribution in [0.4, 0.5) is 0 Å². The molecule has 2 nitrogen and oxygen atoms in total. The summed E-state index contributed by atoms with van der Waals surface area (Å²) < 4.78 is 0. The van der Waals surface area contributed by atoms with Crippen molar-refractivity contribution in [1.29, 1.82) is 0 Å². The summed E-state index contributed by atoms with van der Waals surface area (Å²) in [6.45, 7) is 7.83. The highest BCUT2D eigenvalue weighted by Crippen LogP contribution is 2.27. The second-order valence-electron chi connectivity index (χ2n) is 4.59. The van der Waals surface area contributed by atoms with E-state index in [0.29, 0.717) is 0 Å². The van der Waals surface area contributed by atoms with Crippen LogP contribution in [0.3, 0.4) is 0 Å². The van der Waals surface area contributed by atoms with Gasteiger partial charge < -0.3 is 0 Å².